The Morgan fingerprint density at radius 1 is 1.47 bits per heavy atom. The van der Waals surface area contributed by atoms with Gasteiger partial charge in [-0.1, -0.05) is 17.7 Å². The molecule has 0 aromatic heterocycles. The van der Waals surface area contributed by atoms with E-state index in [1.165, 1.54) is 0 Å². The number of amides is 1. The Morgan fingerprint density at radius 2 is 2.35 bits per heavy atom. The quantitative estimate of drug-likeness (QED) is 0.898. The van der Waals surface area contributed by atoms with E-state index in [-0.39, 0.29) is 12.0 Å². The Labute approximate surface area is 106 Å². The molecule has 0 radical (unpaired) electrons. The second kappa shape index (κ2) is 6.03. The number of anilines is 1. The lowest BCUT2D eigenvalue weighted by Gasteiger charge is -2.21. The zero-order chi connectivity index (χ0) is 12.1. The molecule has 1 heterocycles. The van der Waals surface area contributed by atoms with Crippen LogP contribution < -0.4 is 5.32 Å². The first-order chi connectivity index (χ1) is 8.24. The lowest BCUT2D eigenvalue weighted by atomic mass is 10.1. The fourth-order valence-electron chi connectivity index (χ4n) is 1.95. The van der Waals surface area contributed by atoms with Gasteiger partial charge in [0.2, 0.25) is 5.91 Å². The number of hydrogen-bond donors (Lipinski definition) is 1. The van der Waals surface area contributed by atoms with Crippen LogP contribution in [-0.4, -0.2) is 18.6 Å². The minimum absolute atomic E-state index is 0.0147. The molecular formula is C13H16ClNO2. The topological polar surface area (TPSA) is 38.3 Å². The summed E-state index contributed by atoms with van der Waals surface area (Å²) in [6, 6.07) is 7.16. The van der Waals surface area contributed by atoms with Gasteiger partial charge in [0, 0.05) is 17.3 Å². The van der Waals surface area contributed by atoms with Crippen molar-refractivity contribution in [3.05, 3.63) is 29.3 Å². The smallest absolute Gasteiger partial charge is 0.226 e. The summed E-state index contributed by atoms with van der Waals surface area (Å²) in [5.74, 6) is -0.0147. The Kier molecular flexibility index (Phi) is 4.40. The molecule has 2 rings (SSSR count). The van der Waals surface area contributed by atoms with Crippen molar-refractivity contribution in [2.45, 2.75) is 31.8 Å². The molecule has 0 saturated carbocycles. The molecule has 0 aliphatic carbocycles. The molecule has 4 heteroatoms. The van der Waals surface area contributed by atoms with Crippen molar-refractivity contribution in [1.82, 2.24) is 0 Å². The molecule has 3 nitrogen and oxygen atoms in total. The Balaban J connectivity index is 1.84. The van der Waals surface area contributed by atoms with Crippen LogP contribution in [0.5, 0.6) is 0 Å². The van der Waals surface area contributed by atoms with E-state index in [4.69, 9.17) is 16.3 Å². The lowest BCUT2D eigenvalue weighted by molar-refractivity contribution is -0.119. The molecule has 1 atom stereocenters. The van der Waals surface area contributed by atoms with Gasteiger partial charge >= 0.3 is 0 Å². The first-order valence-electron chi connectivity index (χ1n) is 5.91. The van der Waals surface area contributed by atoms with Gasteiger partial charge in [-0.05, 0) is 37.5 Å². The first kappa shape index (κ1) is 12.4. The summed E-state index contributed by atoms with van der Waals surface area (Å²) in [6.07, 6.45) is 3.72. The fourth-order valence-corrected chi connectivity index (χ4v) is 2.14. The number of carbonyl (C=O) groups excluding carboxylic acids is 1. The summed E-state index contributed by atoms with van der Waals surface area (Å²) in [5.41, 5.74) is 0.735. The van der Waals surface area contributed by atoms with Crippen molar-refractivity contribution < 1.29 is 9.53 Å². The second-order valence-corrected chi connectivity index (χ2v) is 4.69. The van der Waals surface area contributed by atoms with Crippen molar-refractivity contribution in [1.29, 1.82) is 0 Å². The summed E-state index contributed by atoms with van der Waals surface area (Å²) < 4.78 is 5.52. The molecule has 0 bridgehead atoms. The third kappa shape index (κ3) is 4.02. The molecule has 1 aliphatic heterocycles. The highest BCUT2D eigenvalue weighted by molar-refractivity contribution is 6.30. The van der Waals surface area contributed by atoms with Crippen LogP contribution in [0.3, 0.4) is 0 Å². The third-order valence-electron chi connectivity index (χ3n) is 2.80. The summed E-state index contributed by atoms with van der Waals surface area (Å²) in [4.78, 5) is 11.8. The van der Waals surface area contributed by atoms with Gasteiger partial charge in [0.15, 0.2) is 0 Å². The van der Waals surface area contributed by atoms with E-state index in [2.05, 4.69) is 5.32 Å². The van der Waals surface area contributed by atoms with Gasteiger partial charge in [-0.3, -0.25) is 4.79 Å². The van der Waals surface area contributed by atoms with Crippen LogP contribution in [0.15, 0.2) is 24.3 Å². The van der Waals surface area contributed by atoms with E-state index in [0.717, 1.165) is 31.6 Å². The van der Waals surface area contributed by atoms with E-state index >= 15 is 0 Å². The van der Waals surface area contributed by atoms with Crippen LogP contribution in [0.4, 0.5) is 5.69 Å². The van der Waals surface area contributed by atoms with Crippen molar-refractivity contribution in [2.24, 2.45) is 0 Å². The highest BCUT2D eigenvalue weighted by Gasteiger charge is 2.17. The van der Waals surface area contributed by atoms with E-state index in [1.54, 1.807) is 12.1 Å². The van der Waals surface area contributed by atoms with Gasteiger partial charge in [0.05, 0.1) is 12.5 Å². The maximum atomic E-state index is 11.8. The zero-order valence-electron chi connectivity index (χ0n) is 9.62. The zero-order valence-corrected chi connectivity index (χ0v) is 10.4. The van der Waals surface area contributed by atoms with Gasteiger partial charge in [-0.15, -0.1) is 0 Å². The SMILES string of the molecule is O=C(CC1CCCCO1)Nc1cccc(Cl)c1. The number of nitrogens with one attached hydrogen (secondary N) is 1. The van der Waals surface area contributed by atoms with Crippen LogP contribution >= 0.6 is 11.6 Å². The molecule has 1 aromatic carbocycles. The molecule has 17 heavy (non-hydrogen) atoms. The molecular weight excluding hydrogens is 238 g/mol. The standard InChI is InChI=1S/C13H16ClNO2/c14-10-4-3-5-11(8-10)15-13(16)9-12-6-1-2-7-17-12/h3-5,8,12H,1-2,6-7,9H2,(H,15,16). The van der Waals surface area contributed by atoms with Crippen molar-refractivity contribution in [2.75, 3.05) is 11.9 Å². The average molecular weight is 254 g/mol. The third-order valence-corrected chi connectivity index (χ3v) is 3.03. The maximum Gasteiger partial charge on any atom is 0.226 e. The monoisotopic (exact) mass is 253 g/mol. The summed E-state index contributed by atoms with van der Waals surface area (Å²) in [5, 5.41) is 3.45. The van der Waals surface area contributed by atoms with Crippen LogP contribution in [0.1, 0.15) is 25.7 Å². The molecule has 1 amide bonds. The molecule has 1 fully saturated rings. The van der Waals surface area contributed by atoms with Crippen molar-refractivity contribution in [3.8, 4) is 0 Å². The predicted octanol–water partition coefficient (Wildman–Crippen LogP) is 3.24. The number of hydrogen-bond acceptors (Lipinski definition) is 2. The van der Waals surface area contributed by atoms with Crippen LogP contribution in [-0.2, 0) is 9.53 Å². The lowest BCUT2D eigenvalue weighted by Crippen LogP contribution is -2.25. The van der Waals surface area contributed by atoms with E-state index in [1.807, 2.05) is 12.1 Å². The predicted molar refractivity (Wildman–Crippen MR) is 68.3 cm³/mol. The molecule has 1 saturated heterocycles. The van der Waals surface area contributed by atoms with Crippen LogP contribution in [0, 0.1) is 0 Å². The summed E-state index contributed by atoms with van der Waals surface area (Å²) in [7, 11) is 0. The normalized spacial score (nSPS) is 19.9. The molecule has 92 valence electrons. The van der Waals surface area contributed by atoms with E-state index in [0.29, 0.717) is 11.4 Å². The number of ether oxygens (including phenoxy) is 1. The minimum Gasteiger partial charge on any atom is -0.378 e. The van der Waals surface area contributed by atoms with Crippen molar-refractivity contribution in [3.63, 3.8) is 0 Å². The highest BCUT2D eigenvalue weighted by atomic mass is 35.5. The number of halogens is 1. The molecule has 0 spiro atoms. The Hall–Kier alpha value is -1.06. The van der Waals surface area contributed by atoms with Gasteiger partial charge in [0.25, 0.3) is 0 Å². The van der Waals surface area contributed by atoms with Gasteiger partial charge in [0.1, 0.15) is 0 Å². The first-order valence-corrected chi connectivity index (χ1v) is 6.29. The number of benzene rings is 1. The van der Waals surface area contributed by atoms with Crippen LogP contribution in [0.25, 0.3) is 0 Å². The number of carbonyl (C=O) groups is 1. The molecule has 1 unspecified atom stereocenters. The summed E-state index contributed by atoms with van der Waals surface area (Å²) in [6.45, 7) is 0.773. The largest absolute Gasteiger partial charge is 0.378 e. The Bertz CT molecular complexity index is 389. The number of rotatable bonds is 3. The molecule has 1 aliphatic rings. The van der Waals surface area contributed by atoms with E-state index < -0.39 is 0 Å². The second-order valence-electron chi connectivity index (χ2n) is 4.25. The Morgan fingerprint density at radius 3 is 3.06 bits per heavy atom. The van der Waals surface area contributed by atoms with Gasteiger partial charge in [-0.2, -0.15) is 0 Å². The van der Waals surface area contributed by atoms with Crippen molar-refractivity contribution >= 4 is 23.2 Å². The van der Waals surface area contributed by atoms with E-state index in [9.17, 15) is 4.79 Å². The average Bonchev–Trinajstić information content (AvgIpc) is 2.30. The van der Waals surface area contributed by atoms with Gasteiger partial charge in [-0.25, -0.2) is 0 Å². The molecule has 1 N–H and O–H groups in total. The fraction of sp³-hybridized carbons (Fsp3) is 0.462. The maximum absolute atomic E-state index is 11.8. The molecule has 1 aromatic rings. The summed E-state index contributed by atoms with van der Waals surface area (Å²) >= 11 is 5.84. The highest BCUT2D eigenvalue weighted by Crippen LogP contribution is 2.18. The van der Waals surface area contributed by atoms with Gasteiger partial charge < -0.3 is 10.1 Å². The van der Waals surface area contributed by atoms with Crippen LogP contribution in [0.2, 0.25) is 5.02 Å². The minimum atomic E-state index is -0.0147.